The van der Waals surface area contributed by atoms with Gasteiger partial charge in [0.05, 0.1) is 30.2 Å². The zero-order valence-corrected chi connectivity index (χ0v) is 32.3. The molecule has 2 heterocycles. The quantitative estimate of drug-likeness (QED) is 0.0534. The number of halogens is 4. The molecule has 0 unspecified atom stereocenters. The highest BCUT2D eigenvalue weighted by Crippen LogP contribution is 2.34. The first kappa shape index (κ1) is 43.7. The number of fused-ring (bicyclic) bond motifs is 1. The first-order chi connectivity index (χ1) is 27.7. The van der Waals surface area contributed by atoms with Crippen LogP contribution in [-0.4, -0.2) is 106 Å². The average Bonchev–Trinajstić information content (AvgIpc) is 3.35. The number of benzene rings is 3. The number of esters is 1. The molecule has 1 saturated heterocycles. The van der Waals surface area contributed by atoms with Gasteiger partial charge in [-0.3, -0.25) is 9.59 Å². The van der Waals surface area contributed by atoms with Crippen LogP contribution >= 0.6 is 0 Å². The molecule has 312 valence electrons. The molecule has 19 heteroatoms. The van der Waals surface area contributed by atoms with Gasteiger partial charge in [-0.2, -0.15) is 13.1 Å². The molecular weight excluding hydrogens is 791 g/mol. The molecule has 5 rings (SSSR count). The number of ether oxygens (including phenoxy) is 3. The number of aliphatic hydroxyl groups is 1. The summed E-state index contributed by atoms with van der Waals surface area (Å²) in [6.07, 6.45) is 1.62. The van der Waals surface area contributed by atoms with E-state index in [1.165, 1.54) is 10.4 Å². The topological polar surface area (TPSA) is 190 Å². The van der Waals surface area contributed by atoms with Crippen LogP contribution in [0.2, 0.25) is 0 Å². The second kappa shape index (κ2) is 19.9. The number of nitrogens with two attached hydrogens (primary N) is 1. The second-order valence-electron chi connectivity index (χ2n) is 13.5. The Balaban J connectivity index is 1.07. The molecule has 0 atom stereocenters. The highest BCUT2D eigenvalue weighted by atomic mass is 32.2. The van der Waals surface area contributed by atoms with E-state index in [1.807, 2.05) is 13.0 Å². The molecule has 0 aliphatic carbocycles. The van der Waals surface area contributed by atoms with E-state index in [1.54, 1.807) is 41.3 Å². The van der Waals surface area contributed by atoms with Crippen LogP contribution in [0.15, 0.2) is 64.0 Å². The number of nitrogens with zero attached hydrogens (tertiary/aromatic N) is 3. The van der Waals surface area contributed by atoms with Gasteiger partial charge >= 0.3 is 12.1 Å². The number of carbonyl (C=O) groups is 3. The lowest BCUT2D eigenvalue weighted by Crippen LogP contribution is -2.51. The Morgan fingerprint density at radius 3 is 2.41 bits per heavy atom. The molecule has 0 saturated carbocycles. The molecule has 2 amide bonds. The summed E-state index contributed by atoms with van der Waals surface area (Å²) in [6.45, 7) is 2.65. The highest BCUT2D eigenvalue weighted by Gasteiger charge is 2.36. The smallest absolute Gasteiger partial charge is 0.407 e. The highest BCUT2D eigenvalue weighted by molar-refractivity contribution is 7.89. The number of nitrogens with one attached hydrogen (secondary N) is 1. The number of carbonyl (C=O) groups excluding carboxylic acids is 3. The van der Waals surface area contributed by atoms with E-state index in [2.05, 4.69) is 15.0 Å². The van der Waals surface area contributed by atoms with Crippen molar-refractivity contribution in [1.29, 1.82) is 0 Å². The van der Waals surface area contributed by atoms with Crippen molar-refractivity contribution < 1.29 is 59.7 Å². The van der Waals surface area contributed by atoms with E-state index in [9.17, 15) is 45.5 Å². The largest absolute Gasteiger partial charge is 0.447 e. The Labute approximate surface area is 332 Å². The number of amidine groups is 1. The standard InChI is InChI=1S/C39H43F4N5O9S/c1-2-11-47(12-4-10-45-39(52)56-15-14-55-13-9-34(50)57-37-35(42)30(40)20-31(41)36(37)43)38(51)28-16-27-8-7-26(18-32(27)46-33(44)19-28)25-5-3-6-29(17-25)58(53,54)48-21-24(22-48)23-49/h3,5-8,16-18,20,24,49H,2,4,9-15,19,21-23H2,1H3,(H2,44,46)(H,45,52). The van der Waals surface area contributed by atoms with Gasteiger partial charge in [0, 0.05) is 68.9 Å². The summed E-state index contributed by atoms with van der Waals surface area (Å²) in [7, 11) is -3.72. The third-order valence-electron chi connectivity index (χ3n) is 9.11. The van der Waals surface area contributed by atoms with E-state index in [4.69, 9.17) is 15.2 Å². The number of hydrogen-bond donors (Lipinski definition) is 3. The number of amides is 2. The van der Waals surface area contributed by atoms with Crippen molar-refractivity contribution in [2.24, 2.45) is 16.6 Å². The zero-order chi connectivity index (χ0) is 42.0. The minimum Gasteiger partial charge on any atom is -0.447 e. The predicted octanol–water partition coefficient (Wildman–Crippen LogP) is 4.67. The van der Waals surface area contributed by atoms with Crippen molar-refractivity contribution >= 4 is 45.6 Å². The Morgan fingerprint density at radius 1 is 0.983 bits per heavy atom. The number of sulfonamides is 1. The van der Waals surface area contributed by atoms with Gasteiger partial charge in [0.1, 0.15) is 12.4 Å². The summed E-state index contributed by atoms with van der Waals surface area (Å²) in [5, 5.41) is 11.9. The van der Waals surface area contributed by atoms with Gasteiger partial charge in [-0.25, -0.2) is 27.0 Å². The molecule has 0 spiro atoms. The van der Waals surface area contributed by atoms with Crippen LogP contribution in [0.4, 0.5) is 28.0 Å². The second-order valence-corrected chi connectivity index (χ2v) is 15.4. The number of aliphatic imine (C=N–C) groups is 1. The first-order valence-electron chi connectivity index (χ1n) is 18.4. The minimum atomic E-state index is -3.72. The zero-order valence-electron chi connectivity index (χ0n) is 31.5. The first-order valence-corrected chi connectivity index (χ1v) is 19.9. The maximum absolute atomic E-state index is 13.7. The van der Waals surface area contributed by atoms with Crippen LogP contribution in [0, 0.1) is 29.2 Å². The normalized spacial score (nSPS) is 14.4. The number of aliphatic hydroxyl groups excluding tert-OH is 1. The summed E-state index contributed by atoms with van der Waals surface area (Å²) >= 11 is 0. The molecule has 58 heavy (non-hydrogen) atoms. The van der Waals surface area contributed by atoms with E-state index in [0.717, 1.165) is 0 Å². The maximum Gasteiger partial charge on any atom is 0.407 e. The molecule has 3 aromatic carbocycles. The van der Waals surface area contributed by atoms with Crippen LogP contribution in [-0.2, 0) is 29.1 Å². The molecule has 0 radical (unpaired) electrons. The molecule has 0 bridgehead atoms. The minimum absolute atomic E-state index is 0.0168. The van der Waals surface area contributed by atoms with Crippen molar-refractivity contribution in [3.8, 4) is 16.9 Å². The fraction of sp³-hybridized carbons (Fsp3) is 0.385. The number of hydrogen-bond acceptors (Lipinski definition) is 11. The van der Waals surface area contributed by atoms with Crippen molar-refractivity contribution in [2.75, 3.05) is 59.2 Å². The fourth-order valence-corrected chi connectivity index (χ4v) is 7.72. The van der Waals surface area contributed by atoms with Gasteiger partial charge in [-0.05, 0) is 48.2 Å². The average molecular weight is 834 g/mol. The van der Waals surface area contributed by atoms with Crippen molar-refractivity contribution in [1.82, 2.24) is 14.5 Å². The van der Waals surface area contributed by atoms with Gasteiger partial charge in [0.15, 0.2) is 11.6 Å². The third kappa shape index (κ3) is 11.0. The van der Waals surface area contributed by atoms with Crippen molar-refractivity contribution in [3.63, 3.8) is 0 Å². The summed E-state index contributed by atoms with van der Waals surface area (Å²) in [4.78, 5) is 44.1. The Kier molecular flexibility index (Phi) is 15.0. The molecule has 4 N–H and O–H groups in total. The Bertz CT molecular complexity index is 2160. The van der Waals surface area contributed by atoms with Crippen LogP contribution in [0.1, 0.15) is 38.2 Å². The molecule has 2 aliphatic heterocycles. The number of alkyl carbamates (subject to hydrolysis) is 1. The summed E-state index contributed by atoms with van der Waals surface area (Å²) in [6, 6.07) is 12.0. The Morgan fingerprint density at radius 2 is 1.71 bits per heavy atom. The lowest BCUT2D eigenvalue weighted by molar-refractivity contribution is -0.136. The van der Waals surface area contributed by atoms with Crippen molar-refractivity contribution in [3.05, 3.63) is 82.9 Å². The SMILES string of the molecule is CCCN(CCCNC(=O)OCCOCCC(=O)Oc1c(F)c(F)cc(F)c1F)C(=O)C1=Cc2ccc(-c3cccc(S(=O)(=O)N4CC(CO)C4)c3)cc2N=C(N)C1. The van der Waals surface area contributed by atoms with Crippen LogP contribution < -0.4 is 15.8 Å². The predicted molar refractivity (Wildman–Crippen MR) is 203 cm³/mol. The van der Waals surface area contributed by atoms with Gasteiger partial charge in [-0.15, -0.1) is 0 Å². The summed E-state index contributed by atoms with van der Waals surface area (Å²) in [5.74, 6) is -9.94. The summed E-state index contributed by atoms with van der Waals surface area (Å²) < 4.78 is 96.0. The van der Waals surface area contributed by atoms with E-state index < -0.39 is 57.5 Å². The third-order valence-corrected chi connectivity index (χ3v) is 10.9. The Hall–Kier alpha value is -5.37. The van der Waals surface area contributed by atoms with Gasteiger partial charge < -0.3 is 35.3 Å². The van der Waals surface area contributed by atoms with Crippen LogP contribution in [0.3, 0.4) is 0 Å². The van der Waals surface area contributed by atoms with E-state index in [0.29, 0.717) is 53.9 Å². The monoisotopic (exact) mass is 833 g/mol. The lowest BCUT2D eigenvalue weighted by atomic mass is 10.0. The van der Waals surface area contributed by atoms with Gasteiger partial charge in [0.25, 0.3) is 0 Å². The molecule has 0 aromatic heterocycles. The van der Waals surface area contributed by atoms with Gasteiger partial charge in [0.2, 0.25) is 33.3 Å². The molecule has 14 nitrogen and oxygen atoms in total. The van der Waals surface area contributed by atoms with Gasteiger partial charge in [-0.1, -0.05) is 31.2 Å². The van der Waals surface area contributed by atoms with Crippen LogP contribution in [0.25, 0.3) is 17.2 Å². The molecule has 1 fully saturated rings. The number of rotatable bonds is 18. The lowest BCUT2D eigenvalue weighted by Gasteiger charge is -2.36. The molecule has 2 aliphatic rings. The maximum atomic E-state index is 13.7. The molecular formula is C39H43F4N5O9S. The van der Waals surface area contributed by atoms with Crippen molar-refractivity contribution in [2.45, 2.75) is 37.5 Å². The van der Waals surface area contributed by atoms with Crippen LogP contribution in [0.5, 0.6) is 5.75 Å². The summed E-state index contributed by atoms with van der Waals surface area (Å²) in [5.41, 5.74) is 9.23. The fourth-order valence-electron chi connectivity index (χ4n) is 6.08. The molecule has 3 aromatic rings. The van der Waals surface area contributed by atoms with E-state index >= 15 is 0 Å². The van der Waals surface area contributed by atoms with E-state index in [-0.39, 0.29) is 81.1 Å².